The lowest BCUT2D eigenvalue weighted by molar-refractivity contribution is 0.661. The Kier molecular flexibility index (Phi) is 7.20. The molecule has 5 heteroatoms. The minimum atomic E-state index is -0.373. The van der Waals surface area contributed by atoms with Gasteiger partial charge in [-0.2, -0.15) is 0 Å². The molecule has 59 heavy (non-hydrogen) atoms. The van der Waals surface area contributed by atoms with Crippen LogP contribution in [0.1, 0.15) is 25.0 Å². The Morgan fingerprint density at radius 2 is 0.847 bits per heavy atom. The number of para-hydroxylation sites is 2. The minimum Gasteiger partial charge on any atom is -0.456 e. The van der Waals surface area contributed by atoms with Crippen molar-refractivity contribution in [3.63, 3.8) is 0 Å². The molecule has 8 aromatic carbocycles. The molecule has 0 bridgehead atoms. The number of fused-ring (bicyclic) bond motifs is 9. The van der Waals surface area contributed by atoms with Crippen molar-refractivity contribution < 1.29 is 8.83 Å². The van der Waals surface area contributed by atoms with Crippen LogP contribution >= 0.6 is 0 Å². The van der Waals surface area contributed by atoms with Gasteiger partial charge in [0.2, 0.25) is 0 Å². The maximum absolute atomic E-state index is 6.41. The van der Waals surface area contributed by atoms with Crippen molar-refractivity contribution in [1.82, 2.24) is 15.0 Å². The average molecular weight is 758 g/mol. The van der Waals surface area contributed by atoms with E-state index in [0.717, 1.165) is 88.4 Å². The summed E-state index contributed by atoms with van der Waals surface area (Å²) in [6.07, 6.45) is 0. The summed E-state index contributed by atoms with van der Waals surface area (Å²) in [6, 6.07) is 61.3. The third-order valence-electron chi connectivity index (χ3n) is 12.1. The van der Waals surface area contributed by atoms with Gasteiger partial charge in [-0.05, 0) is 87.0 Å². The molecule has 5 nitrogen and oxygen atoms in total. The number of furan rings is 2. The minimum absolute atomic E-state index is 0.373. The van der Waals surface area contributed by atoms with Crippen molar-refractivity contribution in [3.8, 4) is 67.5 Å². The number of rotatable bonds is 5. The molecule has 0 radical (unpaired) electrons. The first-order chi connectivity index (χ1) is 29.0. The van der Waals surface area contributed by atoms with E-state index in [9.17, 15) is 0 Å². The molecule has 0 fully saturated rings. The Morgan fingerprint density at radius 1 is 0.356 bits per heavy atom. The van der Waals surface area contributed by atoms with Crippen LogP contribution < -0.4 is 0 Å². The number of hydrogen-bond donors (Lipinski definition) is 0. The zero-order valence-electron chi connectivity index (χ0n) is 32.4. The van der Waals surface area contributed by atoms with Crippen molar-refractivity contribution in [3.05, 3.63) is 187 Å². The highest BCUT2D eigenvalue weighted by atomic mass is 16.3. The summed E-state index contributed by atoms with van der Waals surface area (Å²) >= 11 is 0. The zero-order valence-corrected chi connectivity index (χ0v) is 32.4. The summed E-state index contributed by atoms with van der Waals surface area (Å²) in [5, 5.41) is 4.43. The van der Waals surface area contributed by atoms with Crippen LogP contribution in [-0.2, 0) is 5.41 Å². The van der Waals surface area contributed by atoms with E-state index in [0.29, 0.717) is 17.5 Å². The van der Waals surface area contributed by atoms with E-state index >= 15 is 0 Å². The summed E-state index contributed by atoms with van der Waals surface area (Å²) in [7, 11) is 0. The normalized spacial score (nSPS) is 13.1. The number of hydrogen-bond acceptors (Lipinski definition) is 5. The molecule has 0 unspecified atom stereocenters. The van der Waals surface area contributed by atoms with Crippen molar-refractivity contribution in [1.29, 1.82) is 0 Å². The van der Waals surface area contributed by atoms with E-state index in [4.69, 9.17) is 23.8 Å². The van der Waals surface area contributed by atoms with Gasteiger partial charge in [-0.1, -0.05) is 147 Å². The fraction of sp³-hybridized carbons (Fsp3) is 0.0556. The molecule has 1 aliphatic rings. The van der Waals surface area contributed by atoms with Crippen LogP contribution in [0.25, 0.3) is 111 Å². The molecule has 0 spiro atoms. The van der Waals surface area contributed by atoms with E-state index in [1.165, 1.54) is 16.7 Å². The molecule has 1 aliphatic carbocycles. The van der Waals surface area contributed by atoms with Crippen molar-refractivity contribution in [2.45, 2.75) is 19.3 Å². The van der Waals surface area contributed by atoms with Gasteiger partial charge in [0.05, 0.1) is 0 Å². The van der Waals surface area contributed by atoms with Gasteiger partial charge < -0.3 is 8.83 Å². The lowest BCUT2D eigenvalue weighted by Gasteiger charge is -2.23. The van der Waals surface area contributed by atoms with E-state index in [2.05, 4.69) is 129 Å². The lowest BCUT2D eigenvalue weighted by Crippen LogP contribution is -2.15. The van der Waals surface area contributed by atoms with Crippen LogP contribution in [0.4, 0.5) is 0 Å². The van der Waals surface area contributed by atoms with Gasteiger partial charge in [-0.3, -0.25) is 0 Å². The summed E-state index contributed by atoms with van der Waals surface area (Å²) in [5.74, 6) is 1.89. The van der Waals surface area contributed by atoms with E-state index in [-0.39, 0.29) is 5.41 Å². The second kappa shape index (κ2) is 12.7. The second-order valence-corrected chi connectivity index (χ2v) is 15.9. The highest BCUT2D eigenvalue weighted by Gasteiger charge is 2.39. The lowest BCUT2D eigenvalue weighted by atomic mass is 9.80. The molecule has 11 aromatic rings. The van der Waals surface area contributed by atoms with Crippen LogP contribution in [0.5, 0.6) is 0 Å². The van der Waals surface area contributed by atoms with Gasteiger partial charge in [-0.25, -0.2) is 15.0 Å². The molecule has 0 N–H and O–H groups in total. The fourth-order valence-electron chi connectivity index (χ4n) is 9.31. The summed E-state index contributed by atoms with van der Waals surface area (Å²) in [4.78, 5) is 15.7. The van der Waals surface area contributed by atoms with Crippen molar-refractivity contribution >= 4 is 43.9 Å². The summed E-state index contributed by atoms with van der Waals surface area (Å²) in [6.45, 7) is 4.68. The summed E-state index contributed by atoms with van der Waals surface area (Å²) in [5.41, 5.74) is 15.2. The predicted molar refractivity (Wildman–Crippen MR) is 239 cm³/mol. The van der Waals surface area contributed by atoms with Crippen LogP contribution in [0.3, 0.4) is 0 Å². The molecule has 0 saturated carbocycles. The van der Waals surface area contributed by atoms with Gasteiger partial charge in [0.1, 0.15) is 22.3 Å². The Morgan fingerprint density at radius 3 is 1.44 bits per heavy atom. The van der Waals surface area contributed by atoms with Crippen molar-refractivity contribution in [2.75, 3.05) is 0 Å². The fourth-order valence-corrected chi connectivity index (χ4v) is 9.31. The first kappa shape index (κ1) is 33.5. The molecule has 3 aromatic heterocycles. The maximum atomic E-state index is 6.41. The van der Waals surface area contributed by atoms with Gasteiger partial charge in [0.15, 0.2) is 17.5 Å². The smallest absolute Gasteiger partial charge is 0.164 e. The average Bonchev–Trinajstić information content (AvgIpc) is 3.94. The molecule has 0 atom stereocenters. The van der Waals surface area contributed by atoms with Gasteiger partial charge >= 0.3 is 0 Å². The first-order valence-electron chi connectivity index (χ1n) is 20.0. The molecule has 0 amide bonds. The number of benzene rings is 8. The van der Waals surface area contributed by atoms with Crippen LogP contribution in [0.2, 0.25) is 0 Å². The van der Waals surface area contributed by atoms with E-state index in [1.54, 1.807) is 0 Å². The summed E-state index contributed by atoms with van der Waals surface area (Å²) < 4.78 is 12.7. The van der Waals surface area contributed by atoms with Crippen LogP contribution in [0.15, 0.2) is 185 Å². The Labute approximate surface area is 340 Å². The highest BCUT2D eigenvalue weighted by molar-refractivity contribution is 6.14. The molecule has 12 rings (SSSR count). The molecule has 278 valence electrons. The largest absolute Gasteiger partial charge is 0.456 e. The third kappa shape index (κ3) is 5.14. The van der Waals surface area contributed by atoms with Gasteiger partial charge in [-0.15, -0.1) is 0 Å². The molecule has 0 saturated heterocycles. The maximum Gasteiger partial charge on any atom is 0.164 e. The van der Waals surface area contributed by atoms with E-state index in [1.807, 2.05) is 60.7 Å². The molecular formula is C54H35N3O2. The van der Waals surface area contributed by atoms with Gasteiger partial charge in [0, 0.05) is 43.7 Å². The zero-order chi connectivity index (χ0) is 39.2. The van der Waals surface area contributed by atoms with Crippen LogP contribution in [-0.4, -0.2) is 15.0 Å². The third-order valence-corrected chi connectivity index (χ3v) is 12.1. The molecular weight excluding hydrogens is 723 g/mol. The SMILES string of the molecule is CC1(C)c2cc(-c3cccc4oc5ccccc5c34)ccc2-c2c(-c3nc(-c4ccccc4)nc(-c4ccccc4)n3)cc(-c3cccc4oc5ccccc5c34)cc21. The Bertz CT molecular complexity index is 3410. The van der Waals surface area contributed by atoms with Crippen LogP contribution in [0, 0.1) is 0 Å². The quantitative estimate of drug-likeness (QED) is 0.175. The topological polar surface area (TPSA) is 65.0 Å². The van der Waals surface area contributed by atoms with E-state index < -0.39 is 0 Å². The standard InChI is InChI=1S/C54H35N3O2/c1-54(2)42-30-34(36-21-13-25-46-49(36)39-19-9-11-23-44(39)58-46)27-28-38(42)48-41(53-56-51(32-15-5-3-6-16-32)55-52(57-53)33-17-7-4-8-18-33)29-35(31-43(48)54)37-22-14-26-47-50(37)40-20-10-12-24-45(40)59-47/h3-31H,1-2H3. The Balaban J connectivity index is 1.14. The number of aromatic nitrogens is 3. The molecule has 3 heterocycles. The first-order valence-corrected chi connectivity index (χ1v) is 20.0. The highest BCUT2D eigenvalue weighted by Crippen LogP contribution is 2.55. The Hall–Kier alpha value is -7.63. The monoisotopic (exact) mass is 757 g/mol. The van der Waals surface area contributed by atoms with Gasteiger partial charge in [0.25, 0.3) is 0 Å². The predicted octanol–water partition coefficient (Wildman–Crippen LogP) is 14.3. The molecule has 0 aliphatic heterocycles. The second-order valence-electron chi connectivity index (χ2n) is 15.9. The number of nitrogens with zero attached hydrogens (tertiary/aromatic N) is 3. The van der Waals surface area contributed by atoms with Crippen molar-refractivity contribution in [2.24, 2.45) is 0 Å².